The standard InChI is InChI=1S/C98H62B3N5O3/c107-98(108-61-62-28-10-1-11-29-62)69-56-86-90-87(57-69)104(72-42-24-8-25-43-72)84-59-85-81(58-80(84)100(90)77-51-47-68(64-32-14-3-15-33-64)55-83(77)102(86)70-38-20-6-21-39-70)101-79-53-49-75(66-36-18-5-19-37-66)97-94(79)106-93-78(52-48-74(96(93)109-97)65-34-16-4-17-35-65)99-76-50-46-67(63-30-12-2-13-31-63)54-82(76)103(71-40-22-7-23-41-71)88-60-89(92(101)95(106)91(88)99)105(85)73-44-26-9-27-45-73/h1-60H,61H2. The van der Waals surface area contributed by atoms with Gasteiger partial charge in [0.2, 0.25) is 0 Å². The van der Waals surface area contributed by atoms with Gasteiger partial charge in [0.25, 0.3) is 20.1 Å². The fourth-order valence-electron chi connectivity index (χ4n) is 18.9. The Morgan fingerprint density at radius 3 is 1.01 bits per heavy atom. The SMILES string of the molecule is O=C(OCc1ccccc1)c1cc2c3c(c1)N(c1ccccc1)c1cc4c(cc1B3c1ccc(-c3ccccc3)cc1N2c1ccccc1)B1c2ccc(-c3ccccc3)c3c2N2c5c(ccc(-c6ccccc6)c5O3)B3c5ccc(-c6ccccc6)cc5N(c5ccccc5)c5cc(c1c2c53)N4c1ccccc1. The van der Waals surface area contributed by atoms with Gasteiger partial charge in [-0.1, -0.05) is 279 Å². The van der Waals surface area contributed by atoms with E-state index in [2.05, 4.69) is 358 Å². The van der Waals surface area contributed by atoms with Crippen LogP contribution in [0.2, 0.25) is 0 Å². The van der Waals surface area contributed by atoms with Crippen LogP contribution in [-0.4, -0.2) is 26.1 Å². The van der Waals surface area contributed by atoms with E-state index in [1.54, 1.807) is 0 Å². The second-order valence-electron chi connectivity index (χ2n) is 29.2. The summed E-state index contributed by atoms with van der Waals surface area (Å²) in [6.45, 7) is -0.806. The molecule has 0 N–H and O–H groups in total. The molecule has 11 heteroatoms. The van der Waals surface area contributed by atoms with Crippen LogP contribution in [-0.2, 0) is 11.3 Å². The zero-order chi connectivity index (χ0) is 71.5. The number of carbonyl (C=O) groups excluding carboxylic acids is 1. The molecule has 16 aromatic carbocycles. The van der Waals surface area contributed by atoms with Gasteiger partial charge in [0.05, 0.1) is 16.9 Å². The number of hydrogen-bond acceptors (Lipinski definition) is 8. The molecule has 0 saturated carbocycles. The van der Waals surface area contributed by atoms with Crippen LogP contribution in [0, 0.1) is 0 Å². The molecule has 7 heterocycles. The average Bonchev–Trinajstić information content (AvgIpc) is 0.657. The second kappa shape index (κ2) is 24.0. The molecule has 16 aromatic rings. The van der Waals surface area contributed by atoms with Crippen LogP contribution in [0.25, 0.3) is 44.5 Å². The monoisotopic (exact) mass is 1390 g/mol. The molecule has 0 spiro atoms. The molecule has 7 aliphatic heterocycles. The number of para-hydroxylation sites is 4. The first kappa shape index (κ1) is 61.3. The molecule has 0 bridgehead atoms. The van der Waals surface area contributed by atoms with Gasteiger partial charge in [0.15, 0.2) is 11.5 Å². The lowest BCUT2D eigenvalue weighted by Gasteiger charge is -2.53. The van der Waals surface area contributed by atoms with Crippen molar-refractivity contribution in [2.75, 3.05) is 24.5 Å². The van der Waals surface area contributed by atoms with Gasteiger partial charge < -0.3 is 34.0 Å². The van der Waals surface area contributed by atoms with Crippen molar-refractivity contribution < 1.29 is 14.3 Å². The summed E-state index contributed by atoms with van der Waals surface area (Å²) < 4.78 is 14.5. The molecule has 0 amide bonds. The molecule has 7 aliphatic rings. The first-order valence-corrected chi connectivity index (χ1v) is 37.5. The Balaban J connectivity index is 0.854. The van der Waals surface area contributed by atoms with E-state index in [9.17, 15) is 0 Å². The van der Waals surface area contributed by atoms with E-state index in [4.69, 9.17) is 9.47 Å². The molecule has 8 nitrogen and oxygen atoms in total. The summed E-state index contributed by atoms with van der Waals surface area (Å²) in [5, 5.41) is 0. The van der Waals surface area contributed by atoms with E-state index >= 15 is 4.79 Å². The van der Waals surface area contributed by atoms with Crippen LogP contribution in [0.3, 0.4) is 0 Å². The lowest BCUT2D eigenvalue weighted by molar-refractivity contribution is 0.0472. The number of fused-ring (bicyclic) bond motifs is 10. The zero-order valence-electron chi connectivity index (χ0n) is 59.0. The van der Waals surface area contributed by atoms with E-state index in [0.29, 0.717) is 5.56 Å². The Bertz CT molecular complexity index is 6450. The number of hydrogen-bond donors (Lipinski definition) is 0. The molecule has 0 unspecified atom stereocenters. The Morgan fingerprint density at radius 1 is 0.266 bits per heavy atom. The van der Waals surface area contributed by atoms with Crippen molar-refractivity contribution >= 4 is 161 Å². The summed E-state index contributed by atoms with van der Waals surface area (Å²) in [5.41, 5.74) is 36.1. The topological polar surface area (TPSA) is 51.7 Å². The molecule has 0 saturated heterocycles. The first-order valence-electron chi connectivity index (χ1n) is 37.5. The number of esters is 1. The van der Waals surface area contributed by atoms with Crippen molar-refractivity contribution in [1.29, 1.82) is 0 Å². The molecular formula is C98H62B3N5O3. The van der Waals surface area contributed by atoms with Crippen LogP contribution >= 0.6 is 0 Å². The summed E-state index contributed by atoms with van der Waals surface area (Å²) in [7, 11) is 0. The number of nitrogens with zero attached hydrogens (tertiary/aromatic N) is 5. The molecule has 0 aromatic heterocycles. The van der Waals surface area contributed by atoms with Crippen molar-refractivity contribution in [1.82, 2.24) is 0 Å². The highest BCUT2D eigenvalue weighted by Gasteiger charge is 2.56. The van der Waals surface area contributed by atoms with Gasteiger partial charge >= 0.3 is 5.97 Å². The summed E-state index contributed by atoms with van der Waals surface area (Å²) in [4.78, 5) is 28.0. The molecule has 0 radical (unpaired) electrons. The third-order valence-corrected chi connectivity index (χ3v) is 23.5. The van der Waals surface area contributed by atoms with E-state index in [1.807, 2.05) is 30.3 Å². The van der Waals surface area contributed by atoms with E-state index in [-0.39, 0.29) is 26.7 Å². The second-order valence-corrected chi connectivity index (χ2v) is 29.2. The van der Waals surface area contributed by atoms with Gasteiger partial charge in [0.1, 0.15) is 6.61 Å². The minimum atomic E-state index is -0.409. The van der Waals surface area contributed by atoms with Gasteiger partial charge in [-0.25, -0.2) is 4.79 Å². The lowest BCUT2D eigenvalue weighted by atomic mass is 9.27. The molecule has 109 heavy (non-hydrogen) atoms. The zero-order valence-corrected chi connectivity index (χ0v) is 59.0. The largest absolute Gasteiger partial charge is 0.457 e. The van der Waals surface area contributed by atoms with Crippen molar-refractivity contribution in [3.8, 4) is 56.0 Å². The third-order valence-electron chi connectivity index (χ3n) is 23.5. The maximum Gasteiger partial charge on any atom is 0.338 e. The van der Waals surface area contributed by atoms with Crippen LogP contribution in [0.4, 0.5) is 85.3 Å². The van der Waals surface area contributed by atoms with Crippen molar-refractivity contribution in [3.63, 3.8) is 0 Å². The first-order chi connectivity index (χ1) is 54.0. The Morgan fingerprint density at radius 2 is 0.596 bits per heavy atom. The van der Waals surface area contributed by atoms with E-state index in [0.717, 1.165) is 163 Å². The number of rotatable bonds is 11. The molecular weight excluding hydrogens is 1330 g/mol. The van der Waals surface area contributed by atoms with Gasteiger partial charge in [-0.15, -0.1) is 0 Å². The third kappa shape index (κ3) is 9.14. The number of anilines is 15. The van der Waals surface area contributed by atoms with Crippen molar-refractivity contribution in [3.05, 3.63) is 375 Å². The average molecular weight is 1390 g/mol. The molecule has 0 fully saturated rings. The highest BCUT2D eigenvalue weighted by molar-refractivity contribution is 7.06. The predicted octanol–water partition coefficient (Wildman–Crippen LogP) is 18.6. The summed E-state index contributed by atoms with van der Waals surface area (Å²) in [6.07, 6.45) is 0. The quantitative estimate of drug-likeness (QED) is 0.0938. The minimum absolute atomic E-state index is 0.121. The minimum Gasteiger partial charge on any atom is -0.457 e. The maximum atomic E-state index is 15.4. The molecule has 0 atom stereocenters. The van der Waals surface area contributed by atoms with E-state index < -0.39 is 5.97 Å². The highest BCUT2D eigenvalue weighted by atomic mass is 16.5. The van der Waals surface area contributed by atoms with Gasteiger partial charge in [-0.2, -0.15) is 0 Å². The van der Waals surface area contributed by atoms with E-state index in [1.165, 1.54) is 33.0 Å². The number of ether oxygens (including phenoxy) is 2. The Kier molecular flexibility index (Phi) is 13.5. The Labute approximate surface area is 633 Å². The normalized spacial score (nSPS) is 13.5. The summed E-state index contributed by atoms with van der Waals surface area (Å²) >= 11 is 0. The molecule has 506 valence electrons. The van der Waals surface area contributed by atoms with Crippen LogP contribution in [0.5, 0.6) is 11.5 Å². The smallest absolute Gasteiger partial charge is 0.338 e. The van der Waals surface area contributed by atoms with Crippen molar-refractivity contribution in [2.45, 2.75) is 6.61 Å². The summed E-state index contributed by atoms with van der Waals surface area (Å²) in [5.74, 6) is 1.25. The van der Waals surface area contributed by atoms with Gasteiger partial charge in [-0.05, 0) is 173 Å². The highest BCUT2D eigenvalue weighted by Crippen LogP contribution is 2.60. The predicted molar refractivity (Wildman–Crippen MR) is 451 cm³/mol. The maximum absolute atomic E-state index is 15.4. The molecule has 0 aliphatic carbocycles. The lowest BCUT2D eigenvalue weighted by Crippen LogP contribution is -2.69. The van der Waals surface area contributed by atoms with Gasteiger partial charge in [0, 0.05) is 85.1 Å². The van der Waals surface area contributed by atoms with Gasteiger partial charge in [-0.3, -0.25) is 0 Å². The van der Waals surface area contributed by atoms with Crippen molar-refractivity contribution in [2.24, 2.45) is 0 Å². The number of benzene rings is 16. The van der Waals surface area contributed by atoms with Crippen LogP contribution in [0.15, 0.2) is 364 Å². The number of carbonyl (C=O) groups is 1. The van der Waals surface area contributed by atoms with Crippen LogP contribution in [0.1, 0.15) is 15.9 Å². The fraction of sp³-hybridized carbons (Fsp3) is 0.0102. The Hall–Kier alpha value is -14.0. The van der Waals surface area contributed by atoms with Crippen LogP contribution < -0.4 is 78.4 Å². The summed E-state index contributed by atoms with van der Waals surface area (Å²) in [6, 6.07) is 132. The fourth-order valence-corrected chi connectivity index (χ4v) is 18.9. The molecule has 23 rings (SSSR count).